The lowest BCUT2D eigenvalue weighted by molar-refractivity contribution is -0.132. The molecule has 1 aliphatic rings. The molecule has 1 heterocycles. The summed E-state index contributed by atoms with van der Waals surface area (Å²) in [5.74, 6) is -0.0151. The second-order valence-electron chi connectivity index (χ2n) is 2.44. The van der Waals surface area contributed by atoms with Gasteiger partial charge in [0.2, 0.25) is 19.2 Å². The molecule has 1 fully saturated rings. The first-order valence-corrected chi connectivity index (χ1v) is 3.59. The lowest BCUT2D eigenvalue weighted by atomic mass is 9.88. The maximum absolute atomic E-state index is 10.9. The van der Waals surface area contributed by atoms with Crippen LogP contribution in [0, 0.1) is 0 Å². The third kappa shape index (κ3) is 1.20. The van der Waals surface area contributed by atoms with Gasteiger partial charge in [0.05, 0.1) is 0 Å². The summed E-state index contributed by atoms with van der Waals surface area (Å²) < 4.78 is 0. The van der Waals surface area contributed by atoms with Crippen molar-refractivity contribution in [3.63, 3.8) is 0 Å². The first-order valence-electron chi connectivity index (χ1n) is 3.59. The van der Waals surface area contributed by atoms with Gasteiger partial charge in [-0.25, -0.2) is 0 Å². The van der Waals surface area contributed by atoms with E-state index < -0.39 is 0 Å². The van der Waals surface area contributed by atoms with Crippen molar-refractivity contribution < 1.29 is 9.59 Å². The first kappa shape index (κ1) is 7.31. The zero-order valence-electron chi connectivity index (χ0n) is 6.09. The van der Waals surface area contributed by atoms with Gasteiger partial charge in [-0.2, -0.15) is 0 Å². The van der Waals surface area contributed by atoms with Crippen molar-refractivity contribution in [3.05, 3.63) is 0 Å². The van der Waals surface area contributed by atoms with Crippen LogP contribution in [-0.2, 0) is 9.59 Å². The molecule has 0 radical (unpaired) electrons. The zero-order valence-corrected chi connectivity index (χ0v) is 6.09. The van der Waals surface area contributed by atoms with Crippen LogP contribution in [0.3, 0.4) is 0 Å². The van der Waals surface area contributed by atoms with E-state index in [1.165, 1.54) is 4.81 Å². The second kappa shape index (κ2) is 2.86. The van der Waals surface area contributed by atoms with E-state index in [9.17, 15) is 9.59 Å². The van der Waals surface area contributed by atoms with E-state index in [0.29, 0.717) is 20.3 Å². The Hall–Kier alpha value is -0.795. The van der Waals surface area contributed by atoms with E-state index in [2.05, 4.69) is 0 Å². The van der Waals surface area contributed by atoms with Crippen molar-refractivity contribution in [2.45, 2.75) is 26.1 Å². The van der Waals surface area contributed by atoms with Crippen LogP contribution in [0.4, 0.5) is 0 Å². The summed E-state index contributed by atoms with van der Waals surface area (Å²) >= 11 is 0. The Kier molecular flexibility index (Phi) is 2.09. The van der Waals surface area contributed by atoms with E-state index in [-0.39, 0.29) is 11.8 Å². The van der Waals surface area contributed by atoms with E-state index in [0.717, 1.165) is 6.32 Å². The monoisotopic (exact) mass is 139 g/mol. The van der Waals surface area contributed by atoms with Crippen molar-refractivity contribution in [1.82, 2.24) is 4.81 Å². The van der Waals surface area contributed by atoms with Crippen molar-refractivity contribution in [1.29, 1.82) is 0 Å². The molecular formula is C6H10BNO2. The highest BCUT2D eigenvalue weighted by Crippen LogP contribution is 2.10. The molecule has 0 saturated carbocycles. The van der Waals surface area contributed by atoms with Crippen LogP contribution in [0.2, 0.25) is 6.32 Å². The van der Waals surface area contributed by atoms with Crippen LogP contribution >= 0.6 is 0 Å². The van der Waals surface area contributed by atoms with Crippen molar-refractivity contribution in [2.24, 2.45) is 0 Å². The first-order chi connectivity index (χ1) is 4.75. The van der Waals surface area contributed by atoms with Crippen LogP contribution in [0.1, 0.15) is 19.8 Å². The van der Waals surface area contributed by atoms with Crippen LogP contribution in [0.25, 0.3) is 0 Å². The average Bonchev–Trinajstić information content (AvgIpc) is 2.20. The van der Waals surface area contributed by atoms with Crippen LogP contribution in [0.5, 0.6) is 0 Å². The minimum atomic E-state index is -0.00755. The van der Waals surface area contributed by atoms with Gasteiger partial charge in [0.1, 0.15) is 0 Å². The molecule has 0 atom stereocenters. The summed E-state index contributed by atoms with van der Waals surface area (Å²) in [5, 5.41) is 0. The number of nitrogens with zero attached hydrogens (tertiary/aromatic N) is 1. The second-order valence-corrected chi connectivity index (χ2v) is 2.44. The lowest BCUT2D eigenvalue weighted by Crippen LogP contribution is -2.32. The molecule has 0 unspecified atom stereocenters. The van der Waals surface area contributed by atoms with Gasteiger partial charge in [-0.15, -0.1) is 0 Å². The van der Waals surface area contributed by atoms with Gasteiger partial charge in [0.25, 0.3) is 0 Å². The Balaban J connectivity index is 2.54. The van der Waals surface area contributed by atoms with Gasteiger partial charge in [-0.1, -0.05) is 13.2 Å². The van der Waals surface area contributed by atoms with Crippen molar-refractivity contribution in [3.8, 4) is 0 Å². The SMILES string of the molecule is CCBN1C(=O)CCC1=O. The fraction of sp³-hybridized carbons (Fsp3) is 0.667. The Bertz CT molecular complexity index is 153. The third-order valence-electron chi connectivity index (χ3n) is 1.60. The molecule has 0 aromatic heterocycles. The molecule has 0 aliphatic carbocycles. The highest BCUT2D eigenvalue weighted by molar-refractivity contribution is 6.43. The predicted molar refractivity (Wildman–Crippen MR) is 38.7 cm³/mol. The van der Waals surface area contributed by atoms with Crippen LogP contribution in [0.15, 0.2) is 0 Å². The molecule has 0 N–H and O–H groups in total. The Morgan fingerprint density at radius 1 is 1.40 bits per heavy atom. The van der Waals surface area contributed by atoms with Gasteiger partial charge in [0, 0.05) is 12.8 Å². The van der Waals surface area contributed by atoms with Crippen LogP contribution in [-0.4, -0.2) is 24.0 Å². The number of hydrogen-bond donors (Lipinski definition) is 0. The zero-order chi connectivity index (χ0) is 7.56. The molecule has 54 valence electrons. The van der Waals surface area contributed by atoms with Gasteiger partial charge < -0.3 is 4.81 Å². The van der Waals surface area contributed by atoms with Gasteiger partial charge in [0.15, 0.2) is 0 Å². The summed E-state index contributed by atoms with van der Waals surface area (Å²) in [4.78, 5) is 23.1. The van der Waals surface area contributed by atoms with Gasteiger partial charge in [-0.3, -0.25) is 9.59 Å². The maximum Gasteiger partial charge on any atom is 0.249 e. The fourth-order valence-corrected chi connectivity index (χ4v) is 1.10. The average molecular weight is 139 g/mol. The third-order valence-corrected chi connectivity index (χ3v) is 1.60. The Morgan fingerprint density at radius 3 is 2.30 bits per heavy atom. The molecule has 2 amide bonds. The molecule has 1 saturated heterocycles. The Morgan fingerprint density at radius 2 is 1.90 bits per heavy atom. The standard InChI is InChI=1S/C6H10BNO2/c1-2-7-8-5(9)3-4-6(8)10/h7H,2-4H2,1H3. The van der Waals surface area contributed by atoms with E-state index in [1.54, 1.807) is 0 Å². The molecule has 0 spiro atoms. The summed E-state index contributed by atoms with van der Waals surface area (Å²) in [6, 6.07) is 0. The Labute approximate surface area is 60.7 Å². The topological polar surface area (TPSA) is 37.4 Å². The molecule has 1 rings (SSSR count). The lowest BCUT2D eigenvalue weighted by Gasteiger charge is -2.09. The van der Waals surface area contributed by atoms with Crippen molar-refractivity contribution in [2.75, 3.05) is 0 Å². The van der Waals surface area contributed by atoms with E-state index >= 15 is 0 Å². The van der Waals surface area contributed by atoms with E-state index in [1.807, 2.05) is 6.92 Å². The molecular weight excluding hydrogens is 129 g/mol. The minimum Gasteiger partial charge on any atom is -0.333 e. The highest BCUT2D eigenvalue weighted by atomic mass is 16.2. The molecule has 0 aromatic carbocycles. The number of imide groups is 1. The molecule has 10 heavy (non-hydrogen) atoms. The minimum absolute atomic E-state index is 0.00755. The number of rotatable bonds is 2. The number of hydrogen-bond acceptors (Lipinski definition) is 2. The van der Waals surface area contributed by atoms with E-state index in [4.69, 9.17) is 0 Å². The largest absolute Gasteiger partial charge is 0.333 e. The number of carbonyl (C=O) groups excluding carboxylic acids is 2. The predicted octanol–water partition coefficient (Wildman–Crippen LogP) is -0.0749. The fourth-order valence-electron chi connectivity index (χ4n) is 1.10. The highest BCUT2D eigenvalue weighted by Gasteiger charge is 2.27. The summed E-state index contributed by atoms with van der Waals surface area (Å²) in [6.07, 6.45) is 1.69. The summed E-state index contributed by atoms with van der Waals surface area (Å²) in [5.41, 5.74) is 0. The molecule has 4 heteroatoms. The molecule has 0 bridgehead atoms. The quantitative estimate of drug-likeness (QED) is 0.396. The van der Waals surface area contributed by atoms with Crippen molar-refractivity contribution >= 4 is 19.2 Å². The molecule has 1 aliphatic heterocycles. The smallest absolute Gasteiger partial charge is 0.249 e. The summed E-state index contributed by atoms with van der Waals surface area (Å²) in [6.45, 7) is 1.96. The molecule has 3 nitrogen and oxygen atoms in total. The maximum atomic E-state index is 10.9. The van der Waals surface area contributed by atoms with Crippen LogP contribution < -0.4 is 0 Å². The summed E-state index contributed by atoms with van der Waals surface area (Å²) in [7, 11) is 0.595. The number of amides is 2. The van der Waals surface area contributed by atoms with Gasteiger partial charge in [-0.05, 0) is 0 Å². The van der Waals surface area contributed by atoms with Gasteiger partial charge >= 0.3 is 0 Å². The number of carbonyl (C=O) groups is 2. The normalized spacial score (nSPS) is 18.3. The molecule has 0 aromatic rings.